The summed E-state index contributed by atoms with van der Waals surface area (Å²) >= 11 is 0. The van der Waals surface area contributed by atoms with E-state index in [1.54, 1.807) is 6.33 Å². The van der Waals surface area contributed by atoms with Crippen molar-refractivity contribution in [1.29, 1.82) is 0 Å². The van der Waals surface area contributed by atoms with Gasteiger partial charge < -0.3 is 10.6 Å². The number of carbonyl (C=O) groups is 1. The fourth-order valence-corrected chi connectivity index (χ4v) is 2.55. The lowest BCUT2D eigenvalue weighted by Crippen LogP contribution is -2.13. The summed E-state index contributed by atoms with van der Waals surface area (Å²) in [7, 11) is 0. The van der Waals surface area contributed by atoms with E-state index in [1.807, 2.05) is 55.5 Å². The summed E-state index contributed by atoms with van der Waals surface area (Å²) in [5.41, 5.74) is 2.88. The molecule has 0 aliphatic heterocycles. The molecule has 0 aliphatic rings. The number of hydrogen-bond acceptors (Lipinski definition) is 4. The van der Waals surface area contributed by atoms with Gasteiger partial charge in [0.2, 0.25) is 5.91 Å². The molecule has 0 spiro atoms. The van der Waals surface area contributed by atoms with Gasteiger partial charge in [-0.15, -0.1) is 0 Å². The molecule has 0 radical (unpaired) electrons. The molecule has 0 atom stereocenters. The van der Waals surface area contributed by atoms with Gasteiger partial charge in [-0.2, -0.15) is 0 Å². The van der Waals surface area contributed by atoms with Crippen LogP contribution in [0.3, 0.4) is 0 Å². The molecule has 1 aromatic heterocycles. The Labute approximate surface area is 141 Å². The highest BCUT2D eigenvalue weighted by Crippen LogP contribution is 2.18. The molecule has 5 nitrogen and oxygen atoms in total. The maximum absolute atomic E-state index is 12.0. The van der Waals surface area contributed by atoms with E-state index in [2.05, 4.69) is 20.6 Å². The van der Waals surface area contributed by atoms with Crippen molar-refractivity contribution in [3.8, 4) is 0 Å². The van der Waals surface area contributed by atoms with Gasteiger partial charge in [0.1, 0.15) is 12.1 Å². The van der Waals surface area contributed by atoms with Crippen molar-refractivity contribution in [2.24, 2.45) is 0 Å². The van der Waals surface area contributed by atoms with Gasteiger partial charge in [-0.05, 0) is 43.2 Å². The first-order chi connectivity index (χ1) is 11.7. The minimum absolute atomic E-state index is 0.0231. The smallest absolute Gasteiger partial charge is 0.224 e. The molecule has 24 heavy (non-hydrogen) atoms. The Hall–Kier alpha value is -2.95. The van der Waals surface area contributed by atoms with E-state index < -0.39 is 0 Å². The molecule has 0 saturated heterocycles. The Morgan fingerprint density at radius 1 is 1.08 bits per heavy atom. The number of benzene rings is 2. The van der Waals surface area contributed by atoms with E-state index in [1.165, 1.54) is 0 Å². The molecule has 3 rings (SSSR count). The number of nitrogens with one attached hydrogen (secondary N) is 2. The van der Waals surface area contributed by atoms with E-state index in [0.717, 1.165) is 34.4 Å². The molecule has 0 aliphatic carbocycles. The van der Waals surface area contributed by atoms with E-state index >= 15 is 0 Å². The maximum atomic E-state index is 12.0. The Morgan fingerprint density at radius 2 is 1.96 bits per heavy atom. The predicted molar refractivity (Wildman–Crippen MR) is 97.1 cm³/mol. The van der Waals surface area contributed by atoms with E-state index in [0.29, 0.717) is 13.0 Å². The Kier molecular flexibility index (Phi) is 5.01. The lowest BCUT2D eigenvalue weighted by Gasteiger charge is -2.09. The SMILES string of the molecule is Cc1cccc(NC(=O)CCCNc2ncnc3ccccc23)c1. The first kappa shape index (κ1) is 15.9. The van der Waals surface area contributed by atoms with Crippen molar-refractivity contribution in [3.63, 3.8) is 0 Å². The van der Waals surface area contributed by atoms with Gasteiger partial charge in [-0.25, -0.2) is 9.97 Å². The molecule has 1 amide bonds. The average molecular weight is 320 g/mol. The van der Waals surface area contributed by atoms with Crippen molar-refractivity contribution >= 4 is 28.3 Å². The van der Waals surface area contributed by atoms with E-state index in [9.17, 15) is 4.79 Å². The lowest BCUT2D eigenvalue weighted by molar-refractivity contribution is -0.116. The zero-order chi connectivity index (χ0) is 16.8. The van der Waals surface area contributed by atoms with Crippen LogP contribution in [0.4, 0.5) is 11.5 Å². The van der Waals surface area contributed by atoms with Crippen LogP contribution in [0.25, 0.3) is 10.9 Å². The van der Waals surface area contributed by atoms with Crippen LogP contribution in [-0.2, 0) is 4.79 Å². The summed E-state index contributed by atoms with van der Waals surface area (Å²) < 4.78 is 0. The van der Waals surface area contributed by atoms with Crippen LogP contribution in [0.2, 0.25) is 0 Å². The van der Waals surface area contributed by atoms with Crippen LogP contribution in [0, 0.1) is 6.92 Å². The summed E-state index contributed by atoms with van der Waals surface area (Å²) in [5.74, 6) is 0.828. The molecule has 1 heterocycles. The topological polar surface area (TPSA) is 66.9 Å². The summed E-state index contributed by atoms with van der Waals surface area (Å²) in [6.45, 7) is 2.69. The molecule has 0 unspecified atom stereocenters. The van der Waals surface area contributed by atoms with Gasteiger partial charge in [0.05, 0.1) is 5.52 Å². The van der Waals surface area contributed by atoms with Crippen LogP contribution < -0.4 is 10.6 Å². The molecule has 2 N–H and O–H groups in total. The number of amides is 1. The van der Waals surface area contributed by atoms with Crippen LogP contribution in [0.5, 0.6) is 0 Å². The highest BCUT2D eigenvalue weighted by Gasteiger charge is 2.04. The summed E-state index contributed by atoms with van der Waals surface area (Å²) in [5, 5.41) is 7.19. The van der Waals surface area contributed by atoms with Crippen molar-refractivity contribution in [2.75, 3.05) is 17.2 Å². The third-order valence-electron chi connectivity index (χ3n) is 3.72. The van der Waals surface area contributed by atoms with Crippen molar-refractivity contribution in [2.45, 2.75) is 19.8 Å². The Balaban J connectivity index is 1.49. The van der Waals surface area contributed by atoms with Crippen molar-refractivity contribution in [3.05, 3.63) is 60.4 Å². The van der Waals surface area contributed by atoms with Crippen LogP contribution in [0.1, 0.15) is 18.4 Å². The van der Waals surface area contributed by atoms with Gasteiger partial charge in [-0.1, -0.05) is 24.3 Å². The third kappa shape index (κ3) is 4.07. The lowest BCUT2D eigenvalue weighted by atomic mass is 10.2. The Morgan fingerprint density at radius 3 is 2.83 bits per heavy atom. The van der Waals surface area contributed by atoms with Gasteiger partial charge in [0.25, 0.3) is 0 Å². The third-order valence-corrected chi connectivity index (χ3v) is 3.72. The number of hydrogen-bond donors (Lipinski definition) is 2. The van der Waals surface area contributed by atoms with Gasteiger partial charge in [0.15, 0.2) is 0 Å². The number of aryl methyl sites for hydroxylation is 1. The predicted octanol–water partition coefficient (Wildman–Crippen LogP) is 3.77. The van der Waals surface area contributed by atoms with Crippen LogP contribution >= 0.6 is 0 Å². The first-order valence-corrected chi connectivity index (χ1v) is 8.02. The number of nitrogens with zero attached hydrogens (tertiary/aromatic N) is 2. The largest absolute Gasteiger partial charge is 0.369 e. The molecule has 3 aromatic rings. The molecule has 2 aromatic carbocycles. The summed E-state index contributed by atoms with van der Waals surface area (Å²) in [6.07, 6.45) is 2.75. The van der Waals surface area contributed by atoms with Gasteiger partial charge in [-0.3, -0.25) is 4.79 Å². The minimum atomic E-state index is 0.0231. The fourth-order valence-electron chi connectivity index (χ4n) is 2.55. The molecular formula is C19H20N4O. The van der Waals surface area contributed by atoms with E-state index in [-0.39, 0.29) is 5.91 Å². The number of anilines is 2. The number of rotatable bonds is 6. The molecule has 5 heteroatoms. The van der Waals surface area contributed by atoms with Crippen LogP contribution in [-0.4, -0.2) is 22.4 Å². The maximum Gasteiger partial charge on any atom is 0.224 e. The quantitative estimate of drug-likeness (QED) is 0.679. The van der Waals surface area contributed by atoms with Crippen molar-refractivity contribution in [1.82, 2.24) is 9.97 Å². The van der Waals surface area contributed by atoms with Crippen LogP contribution in [0.15, 0.2) is 54.9 Å². The zero-order valence-electron chi connectivity index (χ0n) is 13.6. The minimum Gasteiger partial charge on any atom is -0.369 e. The molecule has 0 fully saturated rings. The fraction of sp³-hybridized carbons (Fsp3) is 0.211. The summed E-state index contributed by atoms with van der Waals surface area (Å²) in [4.78, 5) is 20.5. The molecule has 122 valence electrons. The highest BCUT2D eigenvalue weighted by molar-refractivity contribution is 5.91. The van der Waals surface area contributed by atoms with Gasteiger partial charge in [0, 0.05) is 24.0 Å². The standard InChI is InChI=1S/C19H20N4O/c1-14-6-4-7-15(12-14)23-18(24)10-5-11-20-19-16-8-2-3-9-17(16)21-13-22-19/h2-4,6-9,12-13H,5,10-11H2,1H3,(H,23,24)(H,20,21,22). The second kappa shape index (κ2) is 7.55. The number of fused-ring (bicyclic) bond motifs is 1. The van der Waals surface area contributed by atoms with Crippen molar-refractivity contribution < 1.29 is 4.79 Å². The highest BCUT2D eigenvalue weighted by atomic mass is 16.1. The molecule has 0 bridgehead atoms. The number of para-hydroxylation sites is 1. The monoisotopic (exact) mass is 320 g/mol. The summed E-state index contributed by atoms with van der Waals surface area (Å²) in [6, 6.07) is 15.7. The van der Waals surface area contributed by atoms with Gasteiger partial charge >= 0.3 is 0 Å². The number of aromatic nitrogens is 2. The molecule has 0 saturated carbocycles. The zero-order valence-corrected chi connectivity index (χ0v) is 13.6. The first-order valence-electron chi connectivity index (χ1n) is 8.02. The normalized spacial score (nSPS) is 10.5. The second-order valence-corrected chi connectivity index (χ2v) is 5.69. The second-order valence-electron chi connectivity index (χ2n) is 5.69. The van der Waals surface area contributed by atoms with E-state index in [4.69, 9.17) is 0 Å². The Bertz CT molecular complexity index is 842. The number of carbonyl (C=O) groups excluding carboxylic acids is 1. The average Bonchev–Trinajstić information content (AvgIpc) is 2.59. The molecular weight excluding hydrogens is 300 g/mol.